The molecule has 12 heavy (non-hydrogen) atoms. The van der Waals surface area contributed by atoms with Crippen molar-refractivity contribution in [1.82, 2.24) is 0 Å². The van der Waals surface area contributed by atoms with Gasteiger partial charge >= 0.3 is 11.9 Å². The van der Waals surface area contributed by atoms with Gasteiger partial charge in [0.05, 0.1) is 5.92 Å². The SMILES string of the molecule is CC[C@@H](C[C@H](N)C(=O)O)C(=O)O. The molecule has 0 aliphatic rings. The number of carboxylic acids is 2. The summed E-state index contributed by atoms with van der Waals surface area (Å²) in [6.07, 6.45) is 0.386. The van der Waals surface area contributed by atoms with E-state index >= 15 is 0 Å². The highest BCUT2D eigenvalue weighted by Crippen LogP contribution is 2.10. The van der Waals surface area contributed by atoms with Crippen LogP contribution in [0.5, 0.6) is 0 Å². The molecular weight excluding hydrogens is 162 g/mol. The minimum absolute atomic E-state index is 0.0127. The first kappa shape index (κ1) is 10.9. The Morgan fingerprint density at radius 1 is 1.33 bits per heavy atom. The van der Waals surface area contributed by atoms with Crippen LogP contribution in [0.2, 0.25) is 0 Å². The van der Waals surface area contributed by atoms with E-state index in [0.29, 0.717) is 6.42 Å². The fraction of sp³-hybridized carbons (Fsp3) is 0.714. The van der Waals surface area contributed by atoms with Crippen molar-refractivity contribution >= 4 is 11.9 Å². The van der Waals surface area contributed by atoms with E-state index in [9.17, 15) is 9.59 Å². The van der Waals surface area contributed by atoms with E-state index in [4.69, 9.17) is 15.9 Å². The molecule has 0 aliphatic heterocycles. The van der Waals surface area contributed by atoms with Gasteiger partial charge in [-0.2, -0.15) is 0 Å². The first-order valence-electron chi connectivity index (χ1n) is 3.70. The van der Waals surface area contributed by atoms with Crippen LogP contribution >= 0.6 is 0 Å². The van der Waals surface area contributed by atoms with Gasteiger partial charge in [0.25, 0.3) is 0 Å². The van der Waals surface area contributed by atoms with Crippen LogP contribution in [-0.4, -0.2) is 28.2 Å². The van der Waals surface area contributed by atoms with Gasteiger partial charge in [-0.1, -0.05) is 6.92 Å². The normalized spacial score (nSPS) is 15.2. The summed E-state index contributed by atoms with van der Waals surface area (Å²) in [4.78, 5) is 20.7. The number of carboxylic acid groups (broad SMARTS) is 2. The highest BCUT2D eigenvalue weighted by molar-refractivity contribution is 5.75. The second kappa shape index (κ2) is 4.71. The Hall–Kier alpha value is -1.10. The molecule has 0 saturated carbocycles. The third-order valence-electron chi connectivity index (χ3n) is 1.70. The van der Waals surface area contributed by atoms with E-state index in [1.807, 2.05) is 0 Å². The quantitative estimate of drug-likeness (QED) is 0.541. The Kier molecular flexibility index (Phi) is 4.28. The molecule has 4 N–H and O–H groups in total. The molecule has 0 unspecified atom stereocenters. The summed E-state index contributed by atoms with van der Waals surface area (Å²) in [6.45, 7) is 1.69. The zero-order chi connectivity index (χ0) is 9.72. The topological polar surface area (TPSA) is 101 Å². The molecule has 70 valence electrons. The Morgan fingerprint density at radius 3 is 2.08 bits per heavy atom. The number of hydrogen-bond donors (Lipinski definition) is 3. The lowest BCUT2D eigenvalue weighted by atomic mass is 9.98. The van der Waals surface area contributed by atoms with Crippen LogP contribution < -0.4 is 5.73 Å². The summed E-state index contributed by atoms with van der Waals surface area (Å²) in [7, 11) is 0. The van der Waals surface area contributed by atoms with E-state index in [0.717, 1.165) is 0 Å². The highest BCUT2D eigenvalue weighted by Gasteiger charge is 2.22. The van der Waals surface area contributed by atoms with Crippen molar-refractivity contribution in [2.24, 2.45) is 11.7 Å². The Balaban J connectivity index is 4.02. The lowest BCUT2D eigenvalue weighted by molar-refractivity contribution is -0.143. The molecule has 0 saturated heterocycles. The Bertz CT molecular complexity index is 180. The zero-order valence-electron chi connectivity index (χ0n) is 6.86. The third kappa shape index (κ3) is 3.34. The van der Waals surface area contributed by atoms with Crippen molar-refractivity contribution in [1.29, 1.82) is 0 Å². The molecule has 0 bridgehead atoms. The van der Waals surface area contributed by atoms with Gasteiger partial charge in [0.15, 0.2) is 0 Å². The maximum absolute atomic E-state index is 10.4. The minimum atomic E-state index is -1.16. The van der Waals surface area contributed by atoms with E-state index in [-0.39, 0.29) is 6.42 Å². The van der Waals surface area contributed by atoms with Crippen molar-refractivity contribution in [2.75, 3.05) is 0 Å². The third-order valence-corrected chi connectivity index (χ3v) is 1.70. The largest absolute Gasteiger partial charge is 0.481 e. The van der Waals surface area contributed by atoms with Crippen LogP contribution in [0, 0.1) is 5.92 Å². The molecule has 0 aromatic rings. The molecule has 0 rings (SSSR count). The van der Waals surface area contributed by atoms with Gasteiger partial charge in [-0.15, -0.1) is 0 Å². The van der Waals surface area contributed by atoms with E-state index in [1.54, 1.807) is 6.92 Å². The van der Waals surface area contributed by atoms with Crippen LogP contribution in [-0.2, 0) is 9.59 Å². The molecule has 0 fully saturated rings. The maximum Gasteiger partial charge on any atom is 0.320 e. The van der Waals surface area contributed by atoms with Crippen molar-refractivity contribution in [3.8, 4) is 0 Å². The molecule has 2 atom stereocenters. The van der Waals surface area contributed by atoms with Gasteiger partial charge < -0.3 is 15.9 Å². The van der Waals surface area contributed by atoms with Gasteiger partial charge in [0.2, 0.25) is 0 Å². The highest BCUT2D eigenvalue weighted by atomic mass is 16.4. The zero-order valence-corrected chi connectivity index (χ0v) is 6.86. The van der Waals surface area contributed by atoms with Crippen LogP contribution in [0.3, 0.4) is 0 Å². The van der Waals surface area contributed by atoms with Gasteiger partial charge in [-0.3, -0.25) is 9.59 Å². The smallest absolute Gasteiger partial charge is 0.320 e. The molecule has 5 nitrogen and oxygen atoms in total. The average Bonchev–Trinajstić information content (AvgIpc) is 1.98. The lowest BCUT2D eigenvalue weighted by Crippen LogP contribution is -2.34. The molecule has 0 aliphatic carbocycles. The fourth-order valence-corrected chi connectivity index (χ4v) is 0.849. The molecule has 0 spiro atoms. The van der Waals surface area contributed by atoms with Crippen LogP contribution in [0.4, 0.5) is 0 Å². The fourth-order valence-electron chi connectivity index (χ4n) is 0.849. The van der Waals surface area contributed by atoms with Crippen LogP contribution in [0.15, 0.2) is 0 Å². The molecule has 5 heteroatoms. The predicted octanol–water partition coefficient (Wildman–Crippen LogP) is -0.101. The number of hydrogen-bond acceptors (Lipinski definition) is 3. The van der Waals surface area contributed by atoms with Crippen LogP contribution in [0.1, 0.15) is 19.8 Å². The molecule has 0 heterocycles. The summed E-state index contributed by atoms with van der Waals surface area (Å²) in [6, 6.07) is -1.08. The van der Waals surface area contributed by atoms with E-state index in [2.05, 4.69) is 0 Å². The average molecular weight is 175 g/mol. The van der Waals surface area contributed by atoms with Crippen molar-refractivity contribution in [3.05, 3.63) is 0 Å². The van der Waals surface area contributed by atoms with E-state index in [1.165, 1.54) is 0 Å². The molecule has 0 aromatic carbocycles. The first-order chi connectivity index (χ1) is 5.49. The Labute approximate surface area is 70.2 Å². The molecule has 0 aromatic heterocycles. The van der Waals surface area contributed by atoms with Gasteiger partial charge in [-0.25, -0.2) is 0 Å². The number of rotatable bonds is 5. The first-order valence-corrected chi connectivity index (χ1v) is 3.70. The minimum Gasteiger partial charge on any atom is -0.481 e. The lowest BCUT2D eigenvalue weighted by Gasteiger charge is -2.11. The maximum atomic E-state index is 10.4. The van der Waals surface area contributed by atoms with E-state index < -0.39 is 23.9 Å². The predicted molar refractivity (Wildman–Crippen MR) is 41.6 cm³/mol. The molecule has 0 radical (unpaired) electrons. The summed E-state index contributed by atoms with van der Waals surface area (Å²) in [5.74, 6) is -2.81. The van der Waals surface area contributed by atoms with Crippen LogP contribution in [0.25, 0.3) is 0 Å². The van der Waals surface area contributed by atoms with Gasteiger partial charge in [0.1, 0.15) is 6.04 Å². The van der Waals surface area contributed by atoms with Crippen molar-refractivity contribution in [2.45, 2.75) is 25.8 Å². The molecular formula is C7H13NO4. The molecule has 0 amide bonds. The summed E-state index contributed by atoms with van der Waals surface area (Å²) in [5, 5.41) is 16.9. The number of carbonyl (C=O) groups is 2. The Morgan fingerprint density at radius 2 is 1.83 bits per heavy atom. The van der Waals surface area contributed by atoms with Crippen molar-refractivity contribution in [3.63, 3.8) is 0 Å². The summed E-state index contributed by atoms with van der Waals surface area (Å²) < 4.78 is 0. The standard InChI is InChI=1S/C7H13NO4/c1-2-4(6(9)10)3-5(8)7(11)12/h4-5H,2-3,8H2,1H3,(H,9,10)(H,11,12)/t4-,5-/m0/s1. The van der Waals surface area contributed by atoms with Gasteiger partial charge in [0, 0.05) is 0 Å². The summed E-state index contributed by atoms with van der Waals surface area (Å²) >= 11 is 0. The second-order valence-electron chi connectivity index (χ2n) is 2.62. The summed E-state index contributed by atoms with van der Waals surface area (Å²) in [5.41, 5.74) is 5.17. The number of aliphatic carboxylic acids is 2. The van der Waals surface area contributed by atoms with Gasteiger partial charge in [-0.05, 0) is 12.8 Å². The second-order valence-corrected chi connectivity index (χ2v) is 2.62. The monoisotopic (exact) mass is 175 g/mol. The van der Waals surface area contributed by atoms with Crippen molar-refractivity contribution < 1.29 is 19.8 Å². The number of nitrogens with two attached hydrogens (primary N) is 1.